The molecule has 0 aliphatic heterocycles. The maximum Gasteiger partial charge on any atom is 0.256 e. The number of hydrogen-bond acceptors (Lipinski definition) is 4. The van der Waals surface area contributed by atoms with E-state index in [1.54, 1.807) is 47.8 Å². The SMILES string of the molecule is NC(=O)c1ccsc1NC(=O)c1cccc(COc2cc(Cl)ccc2Cl)c1. The Balaban J connectivity index is 1.71. The minimum absolute atomic E-state index is 0.215. The second-order valence-electron chi connectivity index (χ2n) is 5.55. The number of carbonyl (C=O) groups is 2. The van der Waals surface area contributed by atoms with Crippen molar-refractivity contribution in [1.82, 2.24) is 0 Å². The number of nitrogens with one attached hydrogen (secondary N) is 1. The molecule has 0 bridgehead atoms. The number of nitrogens with two attached hydrogens (primary N) is 1. The Morgan fingerprint density at radius 1 is 1.11 bits per heavy atom. The van der Waals surface area contributed by atoms with Crippen LogP contribution in [0.4, 0.5) is 5.00 Å². The van der Waals surface area contributed by atoms with Gasteiger partial charge in [-0.3, -0.25) is 9.59 Å². The molecule has 1 aromatic heterocycles. The molecule has 8 heteroatoms. The molecule has 0 fully saturated rings. The van der Waals surface area contributed by atoms with Gasteiger partial charge in [-0.2, -0.15) is 0 Å². The van der Waals surface area contributed by atoms with Crippen molar-refractivity contribution in [3.8, 4) is 5.75 Å². The van der Waals surface area contributed by atoms with Crippen LogP contribution in [-0.2, 0) is 6.61 Å². The fourth-order valence-electron chi connectivity index (χ4n) is 2.33. The molecule has 0 radical (unpaired) electrons. The quantitative estimate of drug-likeness (QED) is 0.589. The van der Waals surface area contributed by atoms with Crippen LogP contribution in [0.5, 0.6) is 5.75 Å². The van der Waals surface area contributed by atoms with E-state index in [1.807, 2.05) is 6.07 Å². The van der Waals surface area contributed by atoms with Crippen LogP contribution in [0.1, 0.15) is 26.3 Å². The van der Waals surface area contributed by atoms with Crippen molar-refractivity contribution in [1.29, 1.82) is 0 Å². The normalized spacial score (nSPS) is 10.4. The number of amides is 2. The smallest absolute Gasteiger partial charge is 0.256 e. The number of rotatable bonds is 6. The summed E-state index contributed by atoms with van der Waals surface area (Å²) in [4.78, 5) is 23.8. The van der Waals surface area contributed by atoms with Crippen molar-refractivity contribution < 1.29 is 14.3 Å². The highest BCUT2D eigenvalue weighted by atomic mass is 35.5. The highest BCUT2D eigenvalue weighted by Gasteiger charge is 2.14. The molecule has 0 aliphatic rings. The summed E-state index contributed by atoms with van der Waals surface area (Å²) >= 11 is 13.3. The zero-order chi connectivity index (χ0) is 19.4. The van der Waals surface area contributed by atoms with Gasteiger partial charge >= 0.3 is 0 Å². The van der Waals surface area contributed by atoms with Gasteiger partial charge < -0.3 is 15.8 Å². The van der Waals surface area contributed by atoms with Gasteiger partial charge in [-0.25, -0.2) is 0 Å². The fraction of sp³-hybridized carbons (Fsp3) is 0.0526. The number of anilines is 1. The van der Waals surface area contributed by atoms with Gasteiger partial charge in [0.15, 0.2) is 0 Å². The number of carbonyl (C=O) groups excluding carboxylic acids is 2. The predicted octanol–water partition coefficient (Wildman–Crippen LogP) is 4.99. The standard InChI is InChI=1S/C19H14Cl2N2O3S/c20-13-4-5-15(21)16(9-13)26-10-11-2-1-3-12(8-11)18(25)23-19-14(17(22)24)6-7-27-19/h1-9H,10H2,(H2,22,24)(H,23,25). The topological polar surface area (TPSA) is 81.4 Å². The van der Waals surface area contributed by atoms with Gasteiger partial charge in [0.1, 0.15) is 17.4 Å². The molecule has 0 saturated heterocycles. The second kappa shape index (κ2) is 8.43. The molecule has 0 atom stereocenters. The average Bonchev–Trinajstić information content (AvgIpc) is 3.11. The van der Waals surface area contributed by atoms with Gasteiger partial charge in [0.25, 0.3) is 11.8 Å². The molecule has 1 heterocycles. The molecule has 27 heavy (non-hydrogen) atoms. The lowest BCUT2D eigenvalue weighted by atomic mass is 10.1. The van der Waals surface area contributed by atoms with E-state index in [-0.39, 0.29) is 18.1 Å². The number of ether oxygens (including phenoxy) is 1. The monoisotopic (exact) mass is 420 g/mol. The maximum absolute atomic E-state index is 12.5. The zero-order valence-electron chi connectivity index (χ0n) is 13.9. The Bertz CT molecular complexity index is 1000. The molecular formula is C19H14Cl2N2O3S. The molecule has 138 valence electrons. The molecule has 2 amide bonds. The highest BCUT2D eigenvalue weighted by Crippen LogP contribution is 2.28. The van der Waals surface area contributed by atoms with E-state index in [0.29, 0.717) is 26.4 Å². The first kappa shape index (κ1) is 19.2. The number of benzene rings is 2. The third-order valence-corrected chi connectivity index (χ3v) is 5.01. The van der Waals surface area contributed by atoms with E-state index in [0.717, 1.165) is 5.56 Å². The first-order valence-corrected chi connectivity index (χ1v) is 9.43. The van der Waals surface area contributed by atoms with Crippen molar-refractivity contribution in [2.75, 3.05) is 5.32 Å². The summed E-state index contributed by atoms with van der Waals surface area (Å²) < 4.78 is 5.69. The second-order valence-corrected chi connectivity index (χ2v) is 7.31. The molecule has 3 rings (SSSR count). The molecular weight excluding hydrogens is 407 g/mol. The van der Waals surface area contributed by atoms with Crippen molar-refractivity contribution >= 4 is 51.4 Å². The van der Waals surface area contributed by atoms with Crippen LogP contribution in [0.25, 0.3) is 0 Å². The third kappa shape index (κ3) is 4.80. The first-order valence-electron chi connectivity index (χ1n) is 7.79. The van der Waals surface area contributed by atoms with Crippen LogP contribution in [0, 0.1) is 0 Å². The Morgan fingerprint density at radius 3 is 2.70 bits per heavy atom. The molecule has 0 spiro atoms. The number of thiophene rings is 1. The van der Waals surface area contributed by atoms with Gasteiger partial charge in [-0.15, -0.1) is 11.3 Å². The van der Waals surface area contributed by atoms with E-state index in [9.17, 15) is 9.59 Å². The van der Waals surface area contributed by atoms with E-state index < -0.39 is 5.91 Å². The van der Waals surface area contributed by atoms with Gasteiger partial charge in [0.05, 0.1) is 10.6 Å². The Morgan fingerprint density at radius 2 is 1.93 bits per heavy atom. The Hall–Kier alpha value is -2.54. The van der Waals surface area contributed by atoms with E-state index in [4.69, 9.17) is 33.7 Å². The minimum Gasteiger partial charge on any atom is -0.487 e. The highest BCUT2D eigenvalue weighted by molar-refractivity contribution is 7.14. The van der Waals surface area contributed by atoms with Crippen molar-refractivity contribution in [2.45, 2.75) is 6.61 Å². The number of primary amides is 1. The summed E-state index contributed by atoms with van der Waals surface area (Å²) in [5, 5.41) is 5.78. The van der Waals surface area contributed by atoms with Crippen molar-refractivity contribution in [2.24, 2.45) is 5.73 Å². The van der Waals surface area contributed by atoms with Gasteiger partial charge in [-0.05, 0) is 41.3 Å². The largest absolute Gasteiger partial charge is 0.487 e. The van der Waals surface area contributed by atoms with Gasteiger partial charge in [-0.1, -0.05) is 35.3 Å². The van der Waals surface area contributed by atoms with Crippen molar-refractivity contribution in [3.63, 3.8) is 0 Å². The molecule has 0 aliphatic carbocycles. The summed E-state index contributed by atoms with van der Waals surface area (Å²) in [6.45, 7) is 0.215. The predicted molar refractivity (Wildman–Crippen MR) is 108 cm³/mol. The van der Waals surface area contributed by atoms with E-state index >= 15 is 0 Å². The molecule has 3 N–H and O–H groups in total. The zero-order valence-corrected chi connectivity index (χ0v) is 16.2. The van der Waals surface area contributed by atoms with E-state index in [2.05, 4.69) is 5.32 Å². The van der Waals surface area contributed by atoms with E-state index in [1.165, 1.54) is 11.3 Å². The van der Waals surface area contributed by atoms with Crippen LogP contribution in [-0.4, -0.2) is 11.8 Å². The fourth-order valence-corrected chi connectivity index (χ4v) is 3.45. The summed E-state index contributed by atoms with van der Waals surface area (Å²) in [6.07, 6.45) is 0. The molecule has 5 nitrogen and oxygen atoms in total. The lowest BCUT2D eigenvalue weighted by molar-refractivity contribution is 0.100. The average molecular weight is 421 g/mol. The number of hydrogen-bond donors (Lipinski definition) is 2. The summed E-state index contributed by atoms with van der Waals surface area (Å²) in [5.74, 6) is -0.474. The summed E-state index contributed by atoms with van der Waals surface area (Å²) in [5.41, 5.74) is 6.78. The van der Waals surface area contributed by atoms with Crippen LogP contribution >= 0.6 is 34.5 Å². The van der Waals surface area contributed by atoms with Crippen LogP contribution in [0.3, 0.4) is 0 Å². The van der Waals surface area contributed by atoms with Crippen LogP contribution < -0.4 is 15.8 Å². The lowest BCUT2D eigenvalue weighted by Gasteiger charge is -2.10. The molecule has 0 unspecified atom stereocenters. The van der Waals surface area contributed by atoms with Crippen LogP contribution in [0.2, 0.25) is 10.0 Å². The number of halogens is 2. The minimum atomic E-state index is -0.591. The third-order valence-electron chi connectivity index (χ3n) is 3.63. The Kier molecular flexibility index (Phi) is 6.01. The molecule has 0 saturated carbocycles. The molecule has 2 aromatic carbocycles. The van der Waals surface area contributed by atoms with Crippen LogP contribution in [0.15, 0.2) is 53.9 Å². The van der Waals surface area contributed by atoms with Crippen molar-refractivity contribution in [3.05, 3.63) is 80.6 Å². The lowest BCUT2D eigenvalue weighted by Crippen LogP contribution is -2.16. The van der Waals surface area contributed by atoms with Gasteiger partial charge in [0.2, 0.25) is 0 Å². The van der Waals surface area contributed by atoms with Gasteiger partial charge in [0, 0.05) is 16.7 Å². The Labute approximate surface area is 169 Å². The maximum atomic E-state index is 12.5. The summed E-state index contributed by atoms with van der Waals surface area (Å²) in [7, 11) is 0. The first-order chi connectivity index (χ1) is 12.9. The summed E-state index contributed by atoms with van der Waals surface area (Å²) in [6, 6.07) is 13.5. The molecule has 3 aromatic rings.